The average molecular weight is 263 g/mol. The van der Waals surface area contributed by atoms with E-state index < -0.39 is 0 Å². The van der Waals surface area contributed by atoms with Gasteiger partial charge in [-0.1, -0.05) is 6.92 Å². The largest absolute Gasteiger partial charge is 0.315 e. The van der Waals surface area contributed by atoms with E-state index in [0.29, 0.717) is 0 Å². The Morgan fingerprint density at radius 2 is 2.11 bits per heavy atom. The highest BCUT2D eigenvalue weighted by atomic mass is 15.3. The van der Waals surface area contributed by atoms with Crippen LogP contribution < -0.4 is 5.32 Å². The molecule has 1 aromatic rings. The summed E-state index contributed by atoms with van der Waals surface area (Å²) in [7, 11) is 0. The molecule has 0 radical (unpaired) electrons. The third-order valence-electron chi connectivity index (χ3n) is 4.59. The lowest BCUT2D eigenvalue weighted by Crippen LogP contribution is -2.41. The summed E-state index contributed by atoms with van der Waals surface area (Å²) in [6, 6.07) is 0.754. The van der Waals surface area contributed by atoms with Crippen LogP contribution in [0.15, 0.2) is 6.33 Å². The standard InChI is InChI=1S/C14H25N5/c1-12-2-4-13(5-3-12)15-6-7-18-8-9-19-11-16-17-14(19)10-18/h11-13,15H,2-10H2,1H3. The van der Waals surface area contributed by atoms with Gasteiger partial charge in [-0.2, -0.15) is 0 Å². The first-order valence-corrected chi connectivity index (χ1v) is 7.63. The van der Waals surface area contributed by atoms with Gasteiger partial charge in [0.25, 0.3) is 0 Å². The van der Waals surface area contributed by atoms with Crippen molar-refractivity contribution in [2.24, 2.45) is 5.92 Å². The minimum atomic E-state index is 0.754. The molecule has 2 heterocycles. The maximum absolute atomic E-state index is 4.16. The van der Waals surface area contributed by atoms with Gasteiger partial charge in [0, 0.05) is 32.2 Å². The monoisotopic (exact) mass is 263 g/mol. The Hall–Kier alpha value is -0.940. The summed E-state index contributed by atoms with van der Waals surface area (Å²) in [6.07, 6.45) is 7.34. The second kappa shape index (κ2) is 6.01. The van der Waals surface area contributed by atoms with E-state index in [1.807, 2.05) is 6.33 Å². The van der Waals surface area contributed by atoms with E-state index >= 15 is 0 Å². The molecule has 0 bridgehead atoms. The van der Waals surface area contributed by atoms with Crippen molar-refractivity contribution in [2.75, 3.05) is 19.6 Å². The molecule has 1 aromatic heterocycles. The molecule has 0 aromatic carbocycles. The zero-order valence-electron chi connectivity index (χ0n) is 11.9. The van der Waals surface area contributed by atoms with Crippen molar-refractivity contribution in [3.63, 3.8) is 0 Å². The van der Waals surface area contributed by atoms with E-state index in [-0.39, 0.29) is 0 Å². The molecule has 1 aliphatic carbocycles. The highest BCUT2D eigenvalue weighted by molar-refractivity contribution is 4.90. The van der Waals surface area contributed by atoms with Gasteiger partial charge in [-0.05, 0) is 31.6 Å². The highest BCUT2D eigenvalue weighted by Crippen LogP contribution is 2.23. The van der Waals surface area contributed by atoms with Gasteiger partial charge in [0.1, 0.15) is 12.2 Å². The number of aromatic nitrogens is 3. The predicted octanol–water partition coefficient (Wildman–Crippen LogP) is 1.26. The summed E-state index contributed by atoms with van der Waals surface area (Å²) in [5.74, 6) is 2.05. The van der Waals surface area contributed by atoms with Crippen LogP contribution >= 0.6 is 0 Å². The number of hydrogen-bond donors (Lipinski definition) is 1. The lowest BCUT2D eigenvalue weighted by atomic mass is 9.87. The van der Waals surface area contributed by atoms with E-state index in [1.165, 1.54) is 25.7 Å². The SMILES string of the molecule is CC1CCC(NCCN2CCn3cnnc3C2)CC1. The van der Waals surface area contributed by atoms with Gasteiger partial charge in [0.2, 0.25) is 0 Å². The van der Waals surface area contributed by atoms with Crippen LogP contribution in [0.25, 0.3) is 0 Å². The van der Waals surface area contributed by atoms with E-state index in [4.69, 9.17) is 0 Å². The Morgan fingerprint density at radius 1 is 1.26 bits per heavy atom. The Bertz CT molecular complexity index is 394. The lowest BCUT2D eigenvalue weighted by Gasteiger charge is -2.30. The van der Waals surface area contributed by atoms with Gasteiger partial charge in [0.15, 0.2) is 0 Å². The third kappa shape index (κ3) is 3.34. The van der Waals surface area contributed by atoms with Crippen LogP contribution in [-0.2, 0) is 13.1 Å². The summed E-state index contributed by atoms with van der Waals surface area (Å²) in [4.78, 5) is 2.47. The van der Waals surface area contributed by atoms with Gasteiger partial charge in [-0.3, -0.25) is 4.90 Å². The van der Waals surface area contributed by atoms with Crippen molar-refractivity contribution in [2.45, 2.75) is 51.7 Å². The first-order chi connectivity index (χ1) is 9.31. The third-order valence-corrected chi connectivity index (χ3v) is 4.59. The van der Waals surface area contributed by atoms with Crippen LogP contribution in [0, 0.1) is 5.92 Å². The number of nitrogens with zero attached hydrogens (tertiary/aromatic N) is 4. The minimum Gasteiger partial charge on any atom is -0.315 e. The van der Waals surface area contributed by atoms with Crippen molar-refractivity contribution >= 4 is 0 Å². The van der Waals surface area contributed by atoms with Crippen LogP contribution in [-0.4, -0.2) is 45.3 Å². The van der Waals surface area contributed by atoms with Gasteiger partial charge < -0.3 is 9.88 Å². The van der Waals surface area contributed by atoms with Gasteiger partial charge in [0.05, 0.1) is 6.54 Å². The normalized spacial score (nSPS) is 28.3. The molecule has 3 rings (SSSR count). The number of fused-ring (bicyclic) bond motifs is 1. The summed E-state index contributed by atoms with van der Waals surface area (Å²) in [5, 5.41) is 11.9. The molecule has 0 amide bonds. The second-order valence-electron chi connectivity index (χ2n) is 6.13. The van der Waals surface area contributed by atoms with E-state index in [9.17, 15) is 0 Å². The molecule has 5 nitrogen and oxygen atoms in total. The number of hydrogen-bond acceptors (Lipinski definition) is 4. The van der Waals surface area contributed by atoms with Crippen molar-refractivity contribution in [3.8, 4) is 0 Å². The van der Waals surface area contributed by atoms with E-state index in [2.05, 4.69) is 31.9 Å². The molecule has 1 N–H and O–H groups in total. The fourth-order valence-corrected chi connectivity index (χ4v) is 3.20. The molecular weight excluding hydrogens is 238 g/mol. The molecule has 1 aliphatic heterocycles. The van der Waals surface area contributed by atoms with Crippen molar-refractivity contribution in [1.29, 1.82) is 0 Å². The molecule has 1 fully saturated rings. The highest BCUT2D eigenvalue weighted by Gasteiger charge is 2.19. The Labute approximate surface area is 115 Å². The molecule has 0 unspecified atom stereocenters. The zero-order chi connectivity index (χ0) is 13.1. The predicted molar refractivity (Wildman–Crippen MR) is 74.7 cm³/mol. The van der Waals surface area contributed by atoms with E-state index in [0.717, 1.165) is 50.5 Å². The fourth-order valence-electron chi connectivity index (χ4n) is 3.20. The number of nitrogens with one attached hydrogen (secondary N) is 1. The van der Waals surface area contributed by atoms with Crippen LogP contribution in [0.2, 0.25) is 0 Å². The lowest BCUT2D eigenvalue weighted by molar-refractivity contribution is 0.209. The molecule has 19 heavy (non-hydrogen) atoms. The van der Waals surface area contributed by atoms with Crippen LogP contribution in [0.3, 0.4) is 0 Å². The topological polar surface area (TPSA) is 46.0 Å². The number of rotatable bonds is 4. The van der Waals surface area contributed by atoms with Crippen LogP contribution in [0.4, 0.5) is 0 Å². The van der Waals surface area contributed by atoms with Crippen LogP contribution in [0.5, 0.6) is 0 Å². The Balaban J connectivity index is 1.37. The van der Waals surface area contributed by atoms with Crippen molar-refractivity contribution in [3.05, 3.63) is 12.2 Å². The molecule has 2 aliphatic rings. The Kier molecular flexibility index (Phi) is 4.13. The molecule has 0 saturated heterocycles. The van der Waals surface area contributed by atoms with Crippen LogP contribution in [0.1, 0.15) is 38.4 Å². The summed E-state index contributed by atoms with van der Waals surface area (Å²) >= 11 is 0. The minimum absolute atomic E-state index is 0.754. The molecule has 0 atom stereocenters. The molecular formula is C14H25N5. The summed E-state index contributed by atoms with van der Waals surface area (Å²) < 4.78 is 2.16. The maximum atomic E-state index is 4.16. The van der Waals surface area contributed by atoms with Crippen molar-refractivity contribution in [1.82, 2.24) is 25.0 Å². The van der Waals surface area contributed by atoms with Crippen molar-refractivity contribution < 1.29 is 0 Å². The first-order valence-electron chi connectivity index (χ1n) is 7.63. The molecule has 106 valence electrons. The fraction of sp³-hybridized carbons (Fsp3) is 0.857. The second-order valence-corrected chi connectivity index (χ2v) is 6.13. The molecule has 0 spiro atoms. The summed E-state index contributed by atoms with van der Waals surface area (Å²) in [5.41, 5.74) is 0. The summed E-state index contributed by atoms with van der Waals surface area (Å²) in [6.45, 7) is 7.70. The molecule has 5 heteroatoms. The first kappa shape index (κ1) is 13.1. The van der Waals surface area contributed by atoms with Gasteiger partial charge in [-0.25, -0.2) is 0 Å². The van der Waals surface area contributed by atoms with E-state index in [1.54, 1.807) is 0 Å². The smallest absolute Gasteiger partial charge is 0.147 e. The zero-order valence-corrected chi connectivity index (χ0v) is 11.9. The average Bonchev–Trinajstić information content (AvgIpc) is 2.88. The maximum Gasteiger partial charge on any atom is 0.147 e. The van der Waals surface area contributed by atoms with Gasteiger partial charge >= 0.3 is 0 Å². The molecule has 1 saturated carbocycles. The Morgan fingerprint density at radius 3 is 2.95 bits per heavy atom. The quantitative estimate of drug-likeness (QED) is 0.888. The van der Waals surface area contributed by atoms with Gasteiger partial charge in [-0.15, -0.1) is 10.2 Å².